The lowest BCUT2D eigenvalue weighted by atomic mass is 9.93. The molecule has 0 saturated carbocycles. The molecule has 0 spiro atoms. The number of nitrogens with one attached hydrogen (secondary N) is 1. The summed E-state index contributed by atoms with van der Waals surface area (Å²) in [5.41, 5.74) is 0. The van der Waals surface area contributed by atoms with Crippen molar-refractivity contribution in [1.29, 1.82) is 0 Å². The van der Waals surface area contributed by atoms with Crippen molar-refractivity contribution in [3.63, 3.8) is 0 Å². The molecule has 1 heterocycles. The van der Waals surface area contributed by atoms with Gasteiger partial charge < -0.3 is 15.2 Å². The molecule has 0 aromatic rings. The number of amides is 1. The summed E-state index contributed by atoms with van der Waals surface area (Å²) in [5.74, 6) is 1.26. The van der Waals surface area contributed by atoms with Gasteiger partial charge in [0.05, 0.1) is 0 Å². The van der Waals surface area contributed by atoms with Crippen molar-refractivity contribution in [2.45, 2.75) is 39.5 Å². The van der Waals surface area contributed by atoms with Gasteiger partial charge in [0.2, 0.25) is 5.91 Å². The Bertz CT molecular complexity index is 237. The maximum absolute atomic E-state index is 12.0. The second-order valence-electron chi connectivity index (χ2n) is 5.64. The zero-order valence-corrected chi connectivity index (χ0v) is 11.7. The molecule has 0 aromatic heterocycles. The van der Waals surface area contributed by atoms with Crippen LogP contribution in [0.1, 0.15) is 39.5 Å². The van der Waals surface area contributed by atoms with Crippen LogP contribution < -0.4 is 5.32 Å². The van der Waals surface area contributed by atoms with Crippen molar-refractivity contribution in [3.05, 3.63) is 0 Å². The number of hydrogen-bond acceptors (Lipinski definition) is 3. The molecule has 0 aromatic carbocycles. The number of rotatable bonds is 7. The maximum Gasteiger partial charge on any atom is 0.223 e. The molecule has 4 nitrogen and oxygen atoms in total. The third kappa shape index (κ3) is 5.83. The fourth-order valence-corrected chi connectivity index (χ4v) is 2.50. The summed E-state index contributed by atoms with van der Waals surface area (Å²) in [7, 11) is 0. The number of hydrogen-bond donors (Lipinski definition) is 2. The minimum absolute atomic E-state index is 0.118. The molecule has 18 heavy (non-hydrogen) atoms. The smallest absolute Gasteiger partial charge is 0.223 e. The third-order valence-corrected chi connectivity index (χ3v) is 3.50. The van der Waals surface area contributed by atoms with Crippen LogP contribution in [0.15, 0.2) is 0 Å². The molecular weight excluding hydrogens is 230 g/mol. The first-order chi connectivity index (χ1) is 8.63. The zero-order valence-electron chi connectivity index (χ0n) is 11.7. The van der Waals surface area contributed by atoms with Gasteiger partial charge in [0, 0.05) is 32.3 Å². The van der Waals surface area contributed by atoms with E-state index in [-0.39, 0.29) is 18.4 Å². The van der Waals surface area contributed by atoms with Crippen LogP contribution >= 0.6 is 0 Å². The number of aliphatic hydroxyl groups is 1. The summed E-state index contributed by atoms with van der Waals surface area (Å²) >= 11 is 0. The van der Waals surface area contributed by atoms with Gasteiger partial charge in [0.25, 0.3) is 0 Å². The highest BCUT2D eigenvalue weighted by molar-refractivity contribution is 5.78. The molecule has 1 unspecified atom stereocenters. The Morgan fingerprint density at radius 2 is 2.06 bits per heavy atom. The summed E-state index contributed by atoms with van der Waals surface area (Å²) in [6.45, 7) is 6.63. The van der Waals surface area contributed by atoms with Crippen LogP contribution in [-0.4, -0.2) is 37.4 Å². The van der Waals surface area contributed by atoms with Crippen molar-refractivity contribution >= 4 is 5.91 Å². The predicted molar refractivity (Wildman–Crippen MR) is 71.2 cm³/mol. The Morgan fingerprint density at radius 1 is 1.39 bits per heavy atom. The minimum atomic E-state index is 0.118. The second kappa shape index (κ2) is 8.48. The van der Waals surface area contributed by atoms with Crippen molar-refractivity contribution in [3.8, 4) is 0 Å². The van der Waals surface area contributed by atoms with Gasteiger partial charge in [-0.3, -0.25) is 4.79 Å². The molecule has 1 aliphatic heterocycles. The van der Waals surface area contributed by atoms with Crippen LogP contribution in [0.4, 0.5) is 0 Å². The average Bonchev–Trinajstić information content (AvgIpc) is 2.36. The molecule has 106 valence electrons. The first-order valence-electron chi connectivity index (χ1n) is 7.09. The van der Waals surface area contributed by atoms with Gasteiger partial charge in [0.15, 0.2) is 0 Å². The first-order valence-corrected chi connectivity index (χ1v) is 7.09. The average molecular weight is 257 g/mol. The van der Waals surface area contributed by atoms with E-state index in [4.69, 9.17) is 9.84 Å². The number of carbonyl (C=O) groups is 1. The summed E-state index contributed by atoms with van der Waals surface area (Å²) in [4.78, 5) is 12.0. The van der Waals surface area contributed by atoms with Gasteiger partial charge >= 0.3 is 0 Å². The van der Waals surface area contributed by atoms with Crippen molar-refractivity contribution in [1.82, 2.24) is 5.32 Å². The summed E-state index contributed by atoms with van der Waals surface area (Å²) < 4.78 is 5.25. The highest BCUT2D eigenvalue weighted by Crippen LogP contribution is 2.17. The van der Waals surface area contributed by atoms with E-state index in [1.54, 1.807) is 0 Å². The molecule has 0 bridgehead atoms. The molecule has 1 aliphatic rings. The lowest BCUT2D eigenvalue weighted by molar-refractivity contribution is -0.128. The Morgan fingerprint density at radius 3 is 2.61 bits per heavy atom. The van der Waals surface area contributed by atoms with Gasteiger partial charge in [0.1, 0.15) is 0 Å². The lowest BCUT2D eigenvalue weighted by Gasteiger charge is -2.23. The molecule has 4 heteroatoms. The number of carbonyl (C=O) groups excluding carboxylic acids is 1. The standard InChI is InChI=1S/C14H27NO3/c1-11(2)9-12(3-6-16)10-15-14(17)13-4-7-18-8-5-13/h11-13,16H,3-10H2,1-2H3,(H,15,17). The maximum atomic E-state index is 12.0. The normalized spacial score (nSPS) is 18.9. The van der Waals surface area contributed by atoms with Gasteiger partial charge in [-0.25, -0.2) is 0 Å². The van der Waals surface area contributed by atoms with Gasteiger partial charge in [-0.05, 0) is 37.5 Å². The molecule has 2 N–H and O–H groups in total. The molecule has 1 amide bonds. The molecule has 1 saturated heterocycles. The monoisotopic (exact) mass is 257 g/mol. The Kier molecular flexibility index (Phi) is 7.28. The Balaban J connectivity index is 2.28. The molecule has 0 radical (unpaired) electrons. The predicted octanol–water partition coefficient (Wildman–Crippen LogP) is 1.57. The largest absolute Gasteiger partial charge is 0.396 e. The topological polar surface area (TPSA) is 58.6 Å². The highest BCUT2D eigenvalue weighted by Gasteiger charge is 2.22. The van der Waals surface area contributed by atoms with Crippen molar-refractivity contribution < 1.29 is 14.6 Å². The molecular formula is C14H27NO3. The fourth-order valence-electron chi connectivity index (χ4n) is 2.50. The van der Waals surface area contributed by atoms with Gasteiger partial charge in [-0.2, -0.15) is 0 Å². The van der Waals surface area contributed by atoms with E-state index in [0.29, 0.717) is 31.6 Å². The third-order valence-electron chi connectivity index (χ3n) is 3.50. The van der Waals surface area contributed by atoms with Gasteiger partial charge in [-0.15, -0.1) is 0 Å². The van der Waals surface area contributed by atoms with Crippen LogP contribution in [0.5, 0.6) is 0 Å². The van der Waals surface area contributed by atoms with E-state index in [9.17, 15) is 4.79 Å². The number of aliphatic hydroxyl groups excluding tert-OH is 1. The van der Waals surface area contributed by atoms with Crippen LogP contribution in [-0.2, 0) is 9.53 Å². The Labute approximate surface area is 110 Å². The molecule has 0 aliphatic carbocycles. The summed E-state index contributed by atoms with van der Waals surface area (Å²) in [6.07, 6.45) is 3.49. The zero-order chi connectivity index (χ0) is 13.4. The summed E-state index contributed by atoms with van der Waals surface area (Å²) in [5, 5.41) is 12.1. The van der Waals surface area contributed by atoms with E-state index in [1.807, 2.05) is 0 Å². The van der Waals surface area contributed by atoms with Gasteiger partial charge in [-0.1, -0.05) is 13.8 Å². The lowest BCUT2D eigenvalue weighted by Crippen LogP contribution is -2.37. The van der Waals surface area contributed by atoms with E-state index < -0.39 is 0 Å². The summed E-state index contributed by atoms with van der Waals surface area (Å²) in [6, 6.07) is 0. The van der Waals surface area contributed by atoms with E-state index in [1.165, 1.54) is 0 Å². The van der Waals surface area contributed by atoms with E-state index in [0.717, 1.165) is 25.7 Å². The SMILES string of the molecule is CC(C)CC(CCO)CNC(=O)C1CCOCC1. The second-order valence-corrected chi connectivity index (χ2v) is 5.64. The fraction of sp³-hybridized carbons (Fsp3) is 0.929. The molecule has 1 atom stereocenters. The Hall–Kier alpha value is -0.610. The van der Waals surface area contributed by atoms with E-state index >= 15 is 0 Å². The van der Waals surface area contributed by atoms with Crippen molar-refractivity contribution in [2.75, 3.05) is 26.4 Å². The van der Waals surface area contributed by atoms with Crippen LogP contribution in [0, 0.1) is 17.8 Å². The quantitative estimate of drug-likeness (QED) is 0.728. The van der Waals surface area contributed by atoms with Crippen LogP contribution in [0.3, 0.4) is 0 Å². The number of ether oxygens (including phenoxy) is 1. The molecule has 1 rings (SSSR count). The van der Waals surface area contributed by atoms with Crippen LogP contribution in [0.25, 0.3) is 0 Å². The van der Waals surface area contributed by atoms with Crippen molar-refractivity contribution in [2.24, 2.45) is 17.8 Å². The first kappa shape index (κ1) is 15.4. The van der Waals surface area contributed by atoms with Crippen LogP contribution in [0.2, 0.25) is 0 Å². The highest BCUT2D eigenvalue weighted by atomic mass is 16.5. The van der Waals surface area contributed by atoms with E-state index in [2.05, 4.69) is 19.2 Å². The minimum Gasteiger partial charge on any atom is -0.396 e. The molecule has 1 fully saturated rings.